The zero-order valence-corrected chi connectivity index (χ0v) is 64.6. The van der Waals surface area contributed by atoms with Crippen LogP contribution in [0, 0.1) is 6.92 Å². The van der Waals surface area contributed by atoms with Gasteiger partial charge in [0.2, 0.25) is 0 Å². The maximum Gasteiger partial charge on any atom is 0.252 e. The smallest absolute Gasteiger partial charge is 0.252 e. The van der Waals surface area contributed by atoms with Crippen molar-refractivity contribution in [2.75, 3.05) is 24.5 Å². The molecule has 0 saturated carbocycles. The molecule has 0 radical (unpaired) electrons. The Morgan fingerprint density at radius 1 is 0.272 bits per heavy atom. The van der Waals surface area contributed by atoms with E-state index in [0.717, 1.165) is 17.1 Å². The number of rotatable bonds is 7. The molecule has 8 heteroatoms. The van der Waals surface area contributed by atoms with Crippen molar-refractivity contribution in [2.24, 2.45) is 0 Å². The van der Waals surface area contributed by atoms with Crippen LogP contribution in [0.4, 0.5) is 85.3 Å². The lowest BCUT2D eigenvalue weighted by molar-refractivity contribution is 0.568. The van der Waals surface area contributed by atoms with Gasteiger partial charge in [-0.2, -0.15) is 0 Å². The molecule has 6 heterocycles. The van der Waals surface area contributed by atoms with Gasteiger partial charge in [0.15, 0.2) is 0 Å². The van der Waals surface area contributed by atoms with E-state index in [4.69, 9.17) is 0 Å². The number of para-hydroxylation sites is 2. The van der Waals surface area contributed by atoms with Crippen LogP contribution in [0.25, 0.3) is 20.9 Å². The van der Waals surface area contributed by atoms with Crippen molar-refractivity contribution in [2.45, 2.75) is 164 Å². The van der Waals surface area contributed by atoms with Crippen LogP contribution in [0.5, 0.6) is 0 Å². The van der Waals surface area contributed by atoms with Crippen molar-refractivity contribution in [3.8, 4) is 20.9 Å². The van der Waals surface area contributed by atoms with Crippen LogP contribution >= 0.6 is 11.3 Å². The predicted molar refractivity (Wildman–Crippen MR) is 448 cm³/mol. The molecule has 512 valence electrons. The van der Waals surface area contributed by atoms with E-state index in [-0.39, 0.29) is 45.9 Å². The SMILES string of the molecule is Cc1cc2c3c(c1)N1c4c(ccc5c4N(c4cc(N(c6ccccc6)c6ccccc6)cc6c4B5c4ccc(C(C)(C)C)cc4N6c4cc(C(C)(C)C)cc(C(C)(C)C)c4)c4c(-c5ccccc5)sc(-c5ccccc5)c41)B3c1cc(C(C)(C)C)ccc1N2c1cc(C(C)(C)C)cc(C(C)(C)C)c1. The van der Waals surface area contributed by atoms with E-state index in [1.807, 2.05) is 11.3 Å². The van der Waals surface area contributed by atoms with Gasteiger partial charge in [-0.25, -0.2) is 0 Å². The van der Waals surface area contributed by atoms with Crippen molar-refractivity contribution in [1.29, 1.82) is 0 Å². The Kier molecular flexibility index (Phi) is 14.9. The van der Waals surface area contributed by atoms with Crippen molar-refractivity contribution in [1.82, 2.24) is 0 Å². The molecule has 0 bridgehead atoms. The molecule has 0 unspecified atom stereocenters. The molecule has 0 spiro atoms. The molecule has 0 atom stereocenters. The van der Waals surface area contributed by atoms with Crippen LogP contribution in [-0.4, -0.2) is 13.4 Å². The van der Waals surface area contributed by atoms with Gasteiger partial charge in [-0.15, -0.1) is 11.3 Å². The minimum Gasteiger partial charge on any atom is -0.311 e. The third-order valence-electron chi connectivity index (χ3n) is 22.6. The summed E-state index contributed by atoms with van der Waals surface area (Å²) in [5.74, 6) is 0. The number of aryl methyl sites for hydroxylation is 1. The molecule has 0 N–H and O–H groups in total. The Morgan fingerprint density at radius 2 is 0.621 bits per heavy atom. The summed E-state index contributed by atoms with van der Waals surface area (Å²) in [7, 11) is 0. The van der Waals surface area contributed by atoms with E-state index >= 15 is 0 Å². The molecule has 0 saturated heterocycles. The summed E-state index contributed by atoms with van der Waals surface area (Å²) in [5, 5.41) is 0. The number of thiophene rings is 1. The number of hydrogen-bond donors (Lipinski definition) is 0. The molecule has 12 aromatic rings. The van der Waals surface area contributed by atoms with E-state index in [0.29, 0.717) is 0 Å². The highest BCUT2D eigenvalue weighted by Crippen LogP contribution is 2.66. The van der Waals surface area contributed by atoms with E-state index < -0.39 is 0 Å². The van der Waals surface area contributed by atoms with Gasteiger partial charge in [0.05, 0.1) is 38.2 Å². The maximum absolute atomic E-state index is 2.81. The highest BCUT2D eigenvalue weighted by atomic mass is 32.1. The van der Waals surface area contributed by atoms with E-state index in [9.17, 15) is 0 Å². The number of anilines is 15. The zero-order valence-electron chi connectivity index (χ0n) is 63.7. The van der Waals surface area contributed by atoms with Gasteiger partial charge in [-0.05, 0) is 207 Å². The van der Waals surface area contributed by atoms with Crippen LogP contribution < -0.4 is 57.3 Å². The van der Waals surface area contributed by atoms with Gasteiger partial charge < -0.3 is 24.5 Å². The first-order valence-corrected chi connectivity index (χ1v) is 38.1. The Bertz CT molecular complexity index is 5330. The summed E-state index contributed by atoms with van der Waals surface area (Å²) in [6.07, 6.45) is 0. The first kappa shape index (κ1) is 66.5. The maximum atomic E-state index is 2.81. The van der Waals surface area contributed by atoms with Crippen molar-refractivity contribution in [3.63, 3.8) is 0 Å². The monoisotopic (exact) mass is 1360 g/mol. The Labute approximate surface area is 617 Å². The van der Waals surface area contributed by atoms with Crippen LogP contribution in [0.15, 0.2) is 231 Å². The number of fused-ring (bicyclic) bond motifs is 11. The standard InChI is InChI=1S/C95H95B2N5S/c1-58-46-78-82-79(47-58)101-85-74(97(82)75-54-61(90(2,3)4)41-45-76(75)99(78)69-50-63(92(8,9)10)48-64(51-69)93(11,12)13)44-43-73-84(85)102(87-86(101)88(59-32-24-20-25-33-59)103-89(87)60-34-26-21-27-35-60)81-57-71(98(67-36-28-22-29-37-67)68-38-30-23-31-39-68)56-80-83(81)96(73)72-42-40-62(91(5,6)7)55-77(72)100(80)70-52-65(94(14,15)16)49-66(53-70)95(17,18)19/h20-57H,1-19H3. The second-order valence-electron chi connectivity index (χ2n) is 36.0. The third-order valence-corrected chi connectivity index (χ3v) is 23.9. The fraction of sp³-hybridized carbons (Fsp3) is 0.263. The Hall–Kier alpha value is -9.75. The highest BCUT2D eigenvalue weighted by Gasteiger charge is 2.54. The lowest BCUT2D eigenvalue weighted by atomic mass is 9.30. The van der Waals surface area contributed by atoms with E-state index in [2.05, 4.69) is 387 Å². The van der Waals surface area contributed by atoms with Crippen molar-refractivity contribution in [3.05, 3.63) is 269 Å². The van der Waals surface area contributed by atoms with Crippen molar-refractivity contribution >= 4 is 143 Å². The molecule has 0 aliphatic carbocycles. The van der Waals surface area contributed by atoms with Crippen molar-refractivity contribution < 1.29 is 0 Å². The predicted octanol–water partition coefficient (Wildman–Crippen LogP) is 23.1. The average Bonchev–Trinajstić information content (AvgIpc) is 1.64. The van der Waals surface area contributed by atoms with Crippen LogP contribution in [0.3, 0.4) is 0 Å². The molecule has 103 heavy (non-hydrogen) atoms. The molecule has 11 aromatic carbocycles. The lowest BCUT2D eigenvalue weighted by Crippen LogP contribution is -2.65. The fourth-order valence-electron chi connectivity index (χ4n) is 17.0. The quantitative estimate of drug-likeness (QED) is 0.147. The highest BCUT2D eigenvalue weighted by molar-refractivity contribution is 7.20. The van der Waals surface area contributed by atoms with E-state index in [1.165, 1.54) is 161 Å². The van der Waals surface area contributed by atoms with Crippen LogP contribution in [0.1, 0.15) is 164 Å². The Balaban J connectivity index is 1.06. The number of nitrogens with zero attached hydrogens (tertiary/aromatic N) is 5. The van der Waals surface area contributed by atoms with Gasteiger partial charge in [-0.1, -0.05) is 270 Å². The lowest BCUT2D eigenvalue weighted by Gasteiger charge is -2.52. The van der Waals surface area contributed by atoms with E-state index in [1.54, 1.807) is 0 Å². The molecular formula is C95H95B2N5S. The minimum atomic E-state index is -0.176. The molecule has 5 nitrogen and oxygen atoms in total. The second kappa shape index (κ2) is 23.1. The third kappa shape index (κ3) is 10.7. The number of hydrogen-bond acceptors (Lipinski definition) is 6. The second-order valence-corrected chi connectivity index (χ2v) is 37.1. The molecule has 5 aliphatic rings. The van der Waals surface area contributed by atoms with Gasteiger partial charge >= 0.3 is 0 Å². The first-order valence-electron chi connectivity index (χ1n) is 37.3. The summed E-state index contributed by atoms with van der Waals surface area (Å²) >= 11 is 1.94. The van der Waals surface area contributed by atoms with Gasteiger partial charge in [0, 0.05) is 56.9 Å². The molecule has 1 aromatic heterocycles. The molecule has 5 aliphatic heterocycles. The fourth-order valence-corrected chi connectivity index (χ4v) is 18.3. The normalized spacial score (nSPS) is 14.2. The molecular weight excluding hydrogens is 1260 g/mol. The largest absolute Gasteiger partial charge is 0.311 e. The zero-order chi connectivity index (χ0) is 72.1. The molecule has 17 rings (SSSR count). The number of benzene rings is 11. The van der Waals surface area contributed by atoms with Crippen LogP contribution in [0.2, 0.25) is 0 Å². The molecule has 0 fully saturated rings. The first-order chi connectivity index (χ1) is 48.8. The summed E-state index contributed by atoms with van der Waals surface area (Å²) in [5.41, 5.74) is 36.5. The van der Waals surface area contributed by atoms with Crippen LogP contribution in [-0.2, 0) is 32.5 Å². The summed E-state index contributed by atoms with van der Waals surface area (Å²) < 4.78 is 0. The Morgan fingerprint density at radius 3 is 1.05 bits per heavy atom. The average molecular weight is 1360 g/mol. The summed E-state index contributed by atoms with van der Waals surface area (Å²) in [4.78, 5) is 15.9. The topological polar surface area (TPSA) is 16.2 Å². The summed E-state index contributed by atoms with van der Waals surface area (Å²) in [6, 6.07) is 90.2. The molecule has 0 amide bonds. The minimum absolute atomic E-state index is 0.0999. The van der Waals surface area contributed by atoms with Gasteiger partial charge in [0.1, 0.15) is 0 Å². The van der Waals surface area contributed by atoms with Gasteiger partial charge in [-0.3, -0.25) is 0 Å². The summed E-state index contributed by atoms with van der Waals surface area (Å²) in [6.45, 7) is 44.8. The van der Waals surface area contributed by atoms with Gasteiger partial charge in [0.25, 0.3) is 13.4 Å².